The highest BCUT2D eigenvalue weighted by Crippen LogP contribution is 2.29. The fourth-order valence-corrected chi connectivity index (χ4v) is 3.89. The molecule has 6 nitrogen and oxygen atoms in total. The molecule has 1 atom stereocenters. The first-order valence-electron chi connectivity index (χ1n) is 9.50. The minimum absolute atomic E-state index is 0.127. The van der Waals surface area contributed by atoms with E-state index >= 15 is 0 Å². The molecule has 1 unspecified atom stereocenters. The molecule has 2 amide bonds. The molecule has 1 saturated heterocycles. The van der Waals surface area contributed by atoms with Crippen molar-refractivity contribution in [3.05, 3.63) is 53.6 Å². The Morgan fingerprint density at radius 1 is 1.21 bits per heavy atom. The van der Waals surface area contributed by atoms with E-state index in [1.165, 1.54) is 22.2 Å². The number of carbonyl (C=O) groups excluding carboxylic acids is 2. The van der Waals surface area contributed by atoms with Crippen molar-refractivity contribution in [3.8, 4) is 5.75 Å². The molecule has 0 bridgehead atoms. The van der Waals surface area contributed by atoms with E-state index in [0.29, 0.717) is 17.5 Å². The summed E-state index contributed by atoms with van der Waals surface area (Å²) in [5.41, 5.74) is 3.75. The zero-order chi connectivity index (χ0) is 21.0. The zero-order valence-electron chi connectivity index (χ0n) is 17.1. The highest BCUT2D eigenvalue weighted by atomic mass is 32.2. The summed E-state index contributed by atoms with van der Waals surface area (Å²) in [6, 6.07) is 13.1. The minimum atomic E-state index is -0.532. The predicted molar refractivity (Wildman–Crippen MR) is 118 cm³/mol. The summed E-state index contributed by atoms with van der Waals surface area (Å²) in [6.07, 6.45) is 0.135. The van der Waals surface area contributed by atoms with Crippen LogP contribution in [0.3, 0.4) is 0 Å². The number of nitrogens with zero attached hydrogens (tertiary/aromatic N) is 2. The number of rotatable bonds is 5. The molecule has 152 valence electrons. The number of carbonyl (C=O) groups is 2. The van der Waals surface area contributed by atoms with Gasteiger partial charge in [0, 0.05) is 19.2 Å². The number of anilines is 1. The number of aliphatic imine (C=N–C) groups is 1. The van der Waals surface area contributed by atoms with Gasteiger partial charge in [-0.1, -0.05) is 17.8 Å². The van der Waals surface area contributed by atoms with E-state index in [4.69, 9.17) is 4.74 Å². The van der Waals surface area contributed by atoms with E-state index < -0.39 is 5.25 Å². The van der Waals surface area contributed by atoms with E-state index in [0.717, 1.165) is 17.0 Å². The molecule has 1 aliphatic heterocycles. The van der Waals surface area contributed by atoms with Crippen molar-refractivity contribution in [2.75, 3.05) is 19.0 Å². The Hall–Kier alpha value is -2.80. The largest absolute Gasteiger partial charge is 0.494 e. The predicted octanol–water partition coefficient (Wildman–Crippen LogP) is 4.29. The average Bonchev–Trinajstić information content (AvgIpc) is 2.69. The van der Waals surface area contributed by atoms with Crippen LogP contribution in [-0.4, -0.2) is 40.8 Å². The summed E-state index contributed by atoms with van der Waals surface area (Å²) in [5.74, 6) is 0.406. The Balaban J connectivity index is 1.74. The second-order valence-electron chi connectivity index (χ2n) is 6.87. The van der Waals surface area contributed by atoms with Crippen LogP contribution in [0.25, 0.3) is 0 Å². The van der Waals surface area contributed by atoms with E-state index in [2.05, 4.69) is 10.3 Å². The smallest absolute Gasteiger partial charge is 0.238 e. The van der Waals surface area contributed by atoms with Gasteiger partial charge in [0.25, 0.3) is 0 Å². The maximum Gasteiger partial charge on any atom is 0.238 e. The van der Waals surface area contributed by atoms with Gasteiger partial charge in [0.15, 0.2) is 5.17 Å². The van der Waals surface area contributed by atoms with Gasteiger partial charge in [-0.2, -0.15) is 0 Å². The quantitative estimate of drug-likeness (QED) is 0.797. The summed E-state index contributed by atoms with van der Waals surface area (Å²) in [5, 5.41) is 2.87. The lowest BCUT2D eigenvalue weighted by molar-refractivity contribution is -0.128. The van der Waals surface area contributed by atoms with E-state index in [1.54, 1.807) is 31.3 Å². The molecule has 0 radical (unpaired) electrons. The maximum absolute atomic E-state index is 12.7. The SMILES string of the molecule is CCOc1ccc(NC(=O)C2CC(=O)N(C)C(=Nc3ccc(C)c(C)c3)S2)cc1. The van der Waals surface area contributed by atoms with Gasteiger partial charge in [-0.05, 0) is 68.3 Å². The summed E-state index contributed by atoms with van der Waals surface area (Å²) in [6.45, 7) is 6.57. The minimum Gasteiger partial charge on any atom is -0.494 e. The summed E-state index contributed by atoms with van der Waals surface area (Å²) in [7, 11) is 1.69. The normalized spacial score (nSPS) is 18.1. The van der Waals surface area contributed by atoms with Crippen molar-refractivity contribution >= 4 is 40.1 Å². The first-order chi connectivity index (χ1) is 13.9. The Morgan fingerprint density at radius 3 is 2.59 bits per heavy atom. The topological polar surface area (TPSA) is 71.0 Å². The standard InChI is InChI=1S/C22H25N3O3S/c1-5-28-18-10-8-16(9-11-18)23-21(27)19-13-20(26)25(4)22(29-19)24-17-7-6-14(2)15(3)12-17/h6-12,19H,5,13H2,1-4H3,(H,23,27). The van der Waals surface area contributed by atoms with Crippen molar-refractivity contribution in [3.63, 3.8) is 0 Å². The molecular formula is C22H25N3O3S. The van der Waals surface area contributed by atoms with Gasteiger partial charge >= 0.3 is 0 Å². The Labute approximate surface area is 175 Å². The zero-order valence-corrected chi connectivity index (χ0v) is 17.9. The number of aryl methyl sites for hydroxylation is 2. The van der Waals surface area contributed by atoms with E-state index in [-0.39, 0.29) is 18.2 Å². The lowest BCUT2D eigenvalue weighted by Crippen LogP contribution is -2.43. The number of nitrogens with one attached hydrogen (secondary N) is 1. The third-order valence-corrected chi connectivity index (χ3v) is 5.95. The van der Waals surface area contributed by atoms with Crippen LogP contribution in [0.5, 0.6) is 5.75 Å². The summed E-state index contributed by atoms with van der Waals surface area (Å²) >= 11 is 1.31. The molecular weight excluding hydrogens is 386 g/mol. The van der Waals surface area contributed by atoms with Crippen LogP contribution in [-0.2, 0) is 9.59 Å². The van der Waals surface area contributed by atoms with Crippen molar-refractivity contribution in [1.29, 1.82) is 0 Å². The van der Waals surface area contributed by atoms with Gasteiger partial charge in [-0.15, -0.1) is 0 Å². The lowest BCUT2D eigenvalue weighted by Gasteiger charge is -2.28. The first kappa shape index (κ1) is 20.9. The molecule has 1 heterocycles. The molecule has 3 rings (SSSR count). The second-order valence-corrected chi connectivity index (χ2v) is 8.04. The van der Waals surface area contributed by atoms with Crippen LogP contribution in [0.1, 0.15) is 24.5 Å². The number of thioether (sulfide) groups is 1. The molecule has 0 aliphatic carbocycles. The van der Waals surface area contributed by atoms with Gasteiger partial charge in [0.2, 0.25) is 11.8 Å². The first-order valence-corrected chi connectivity index (χ1v) is 10.4. The van der Waals surface area contributed by atoms with Gasteiger partial charge in [0.1, 0.15) is 11.0 Å². The van der Waals surface area contributed by atoms with Crippen LogP contribution in [0, 0.1) is 13.8 Å². The summed E-state index contributed by atoms with van der Waals surface area (Å²) < 4.78 is 5.41. The summed E-state index contributed by atoms with van der Waals surface area (Å²) in [4.78, 5) is 31.3. The van der Waals surface area contributed by atoms with Crippen LogP contribution in [0.15, 0.2) is 47.5 Å². The molecule has 29 heavy (non-hydrogen) atoms. The number of benzene rings is 2. The molecule has 0 aromatic heterocycles. The lowest BCUT2D eigenvalue weighted by atomic mass is 10.1. The van der Waals surface area contributed by atoms with Gasteiger partial charge < -0.3 is 10.1 Å². The molecule has 2 aromatic rings. The molecule has 1 N–H and O–H groups in total. The van der Waals surface area contributed by atoms with E-state index in [9.17, 15) is 9.59 Å². The van der Waals surface area contributed by atoms with Gasteiger partial charge in [0.05, 0.1) is 12.3 Å². The van der Waals surface area contributed by atoms with Crippen LogP contribution in [0.4, 0.5) is 11.4 Å². The number of amidine groups is 1. The average molecular weight is 412 g/mol. The number of ether oxygens (including phenoxy) is 1. The van der Waals surface area contributed by atoms with Crippen LogP contribution in [0.2, 0.25) is 0 Å². The van der Waals surface area contributed by atoms with Crippen LogP contribution < -0.4 is 10.1 Å². The Kier molecular flexibility index (Phi) is 6.59. The van der Waals surface area contributed by atoms with E-state index in [1.807, 2.05) is 39.0 Å². The molecule has 0 saturated carbocycles. The second kappa shape index (κ2) is 9.13. The highest BCUT2D eigenvalue weighted by molar-refractivity contribution is 8.15. The molecule has 1 aliphatic rings. The third kappa shape index (κ3) is 5.17. The van der Waals surface area contributed by atoms with Crippen molar-refractivity contribution in [2.45, 2.75) is 32.4 Å². The molecule has 1 fully saturated rings. The van der Waals surface area contributed by atoms with Crippen LogP contribution >= 0.6 is 11.8 Å². The van der Waals surface area contributed by atoms with Crippen molar-refractivity contribution in [1.82, 2.24) is 4.90 Å². The molecule has 7 heteroatoms. The van der Waals surface area contributed by atoms with Gasteiger partial charge in [-0.3, -0.25) is 14.5 Å². The fraction of sp³-hybridized carbons (Fsp3) is 0.318. The number of hydrogen-bond donors (Lipinski definition) is 1. The van der Waals surface area contributed by atoms with Crippen molar-refractivity contribution in [2.24, 2.45) is 4.99 Å². The maximum atomic E-state index is 12.7. The number of hydrogen-bond acceptors (Lipinski definition) is 5. The fourth-order valence-electron chi connectivity index (χ4n) is 2.83. The Morgan fingerprint density at radius 2 is 1.93 bits per heavy atom. The molecule has 0 spiro atoms. The third-order valence-electron chi connectivity index (χ3n) is 4.71. The monoisotopic (exact) mass is 411 g/mol. The van der Waals surface area contributed by atoms with Gasteiger partial charge in [-0.25, -0.2) is 4.99 Å². The number of amides is 2. The molecule has 2 aromatic carbocycles. The Bertz CT molecular complexity index is 941. The van der Waals surface area contributed by atoms with Crippen molar-refractivity contribution < 1.29 is 14.3 Å². The highest BCUT2D eigenvalue weighted by Gasteiger charge is 2.34.